The van der Waals surface area contributed by atoms with Crippen LogP contribution in [0, 0.1) is 5.92 Å². The van der Waals surface area contributed by atoms with E-state index in [1.165, 1.54) is 41.3 Å². The lowest BCUT2D eigenvalue weighted by atomic mass is 9.99. The summed E-state index contributed by atoms with van der Waals surface area (Å²) in [7, 11) is 1.70. The zero-order valence-corrected chi connectivity index (χ0v) is 9.09. The molecule has 1 aromatic rings. The van der Waals surface area contributed by atoms with Crippen LogP contribution in [-0.2, 0) is 13.6 Å². The van der Waals surface area contributed by atoms with Crippen molar-refractivity contribution in [2.75, 3.05) is 0 Å². The van der Waals surface area contributed by atoms with Gasteiger partial charge in [0, 0.05) is 13.1 Å². The van der Waals surface area contributed by atoms with Crippen LogP contribution in [0.5, 0.6) is 0 Å². The molecule has 0 aromatic carbocycles. The molecule has 2 N–H and O–H groups in total. The van der Waals surface area contributed by atoms with E-state index in [0.29, 0.717) is 12.5 Å². The highest BCUT2D eigenvalue weighted by Crippen LogP contribution is 2.27. The van der Waals surface area contributed by atoms with Crippen LogP contribution < -0.4 is 11.4 Å². The summed E-state index contributed by atoms with van der Waals surface area (Å²) in [5.74, 6) is 0.568. The molecule has 0 radical (unpaired) electrons. The predicted octanol–water partition coefficient (Wildman–Crippen LogP) is 0.0993. The van der Waals surface area contributed by atoms with Gasteiger partial charge in [-0.1, -0.05) is 12.8 Å². The predicted molar refractivity (Wildman–Crippen MR) is 57.4 cm³/mol. The molecule has 0 bridgehead atoms. The second kappa shape index (κ2) is 4.18. The molecule has 1 fully saturated rings. The summed E-state index contributed by atoms with van der Waals surface area (Å²) in [6.45, 7) is 0.546. The summed E-state index contributed by atoms with van der Waals surface area (Å²) in [6.07, 6.45) is 6.47. The Morgan fingerprint density at radius 3 is 2.80 bits per heavy atom. The van der Waals surface area contributed by atoms with E-state index in [-0.39, 0.29) is 11.7 Å². The smallest absolute Gasteiger partial charge is 0.326 e. The summed E-state index contributed by atoms with van der Waals surface area (Å²) in [4.78, 5) is 11.5. The zero-order valence-electron chi connectivity index (χ0n) is 9.09. The second-order valence-electron chi connectivity index (χ2n) is 4.41. The van der Waals surface area contributed by atoms with E-state index in [4.69, 9.17) is 5.73 Å². The van der Waals surface area contributed by atoms with Crippen molar-refractivity contribution in [2.45, 2.75) is 38.3 Å². The maximum Gasteiger partial charge on any atom is 0.345 e. The third-order valence-corrected chi connectivity index (χ3v) is 3.28. The molecule has 1 aliphatic carbocycles. The van der Waals surface area contributed by atoms with Crippen molar-refractivity contribution in [1.29, 1.82) is 0 Å². The van der Waals surface area contributed by atoms with Gasteiger partial charge in [0.25, 0.3) is 0 Å². The summed E-state index contributed by atoms with van der Waals surface area (Å²) >= 11 is 0. The van der Waals surface area contributed by atoms with Gasteiger partial charge in [-0.05, 0) is 18.8 Å². The molecule has 1 unspecified atom stereocenters. The van der Waals surface area contributed by atoms with Gasteiger partial charge in [-0.2, -0.15) is 5.10 Å². The van der Waals surface area contributed by atoms with Crippen molar-refractivity contribution >= 4 is 0 Å². The van der Waals surface area contributed by atoms with Crippen LogP contribution in [0.4, 0.5) is 0 Å². The summed E-state index contributed by atoms with van der Waals surface area (Å²) in [5.41, 5.74) is 6.00. The fourth-order valence-corrected chi connectivity index (χ4v) is 2.28. The van der Waals surface area contributed by atoms with Crippen LogP contribution in [0.3, 0.4) is 0 Å². The molecule has 0 saturated heterocycles. The van der Waals surface area contributed by atoms with E-state index < -0.39 is 0 Å². The molecule has 5 nitrogen and oxygen atoms in total. The van der Waals surface area contributed by atoms with Gasteiger partial charge >= 0.3 is 5.69 Å². The van der Waals surface area contributed by atoms with Gasteiger partial charge in [-0.25, -0.2) is 9.48 Å². The minimum absolute atomic E-state index is 0.0695. The summed E-state index contributed by atoms with van der Waals surface area (Å²) in [6, 6.07) is 0.0695. The van der Waals surface area contributed by atoms with Crippen LogP contribution in [0.25, 0.3) is 0 Å². The third-order valence-electron chi connectivity index (χ3n) is 3.28. The Labute approximate surface area is 88.9 Å². The highest BCUT2D eigenvalue weighted by molar-refractivity contribution is 4.79. The van der Waals surface area contributed by atoms with Crippen LogP contribution in [-0.4, -0.2) is 20.4 Å². The van der Waals surface area contributed by atoms with E-state index in [2.05, 4.69) is 5.10 Å². The summed E-state index contributed by atoms with van der Waals surface area (Å²) < 4.78 is 2.93. The van der Waals surface area contributed by atoms with Crippen LogP contribution in [0.2, 0.25) is 0 Å². The van der Waals surface area contributed by atoms with Crippen molar-refractivity contribution in [3.8, 4) is 0 Å². The van der Waals surface area contributed by atoms with Crippen molar-refractivity contribution in [3.63, 3.8) is 0 Å². The molecule has 0 amide bonds. The fourth-order valence-electron chi connectivity index (χ4n) is 2.28. The molecule has 15 heavy (non-hydrogen) atoms. The summed E-state index contributed by atoms with van der Waals surface area (Å²) in [5, 5.41) is 4.01. The quantitative estimate of drug-likeness (QED) is 0.769. The molecule has 1 saturated carbocycles. The Balaban J connectivity index is 2.02. The molecule has 84 valence electrons. The van der Waals surface area contributed by atoms with E-state index in [9.17, 15) is 4.79 Å². The standard InChI is InChI=1S/C10H18N4O/c1-13-7-12-14(10(13)15)6-9(11)8-4-2-3-5-8/h7-9H,2-6,11H2,1H3. The molecule has 1 aromatic heterocycles. The molecule has 1 heterocycles. The van der Waals surface area contributed by atoms with Crippen molar-refractivity contribution < 1.29 is 0 Å². The van der Waals surface area contributed by atoms with Crippen molar-refractivity contribution in [2.24, 2.45) is 18.7 Å². The van der Waals surface area contributed by atoms with E-state index >= 15 is 0 Å². The highest BCUT2D eigenvalue weighted by atomic mass is 16.2. The van der Waals surface area contributed by atoms with E-state index in [1.54, 1.807) is 7.05 Å². The first-order valence-corrected chi connectivity index (χ1v) is 5.52. The minimum atomic E-state index is -0.0801. The lowest BCUT2D eigenvalue weighted by Gasteiger charge is -2.17. The first-order chi connectivity index (χ1) is 7.18. The first-order valence-electron chi connectivity index (χ1n) is 5.52. The van der Waals surface area contributed by atoms with E-state index in [0.717, 1.165) is 0 Å². The fraction of sp³-hybridized carbons (Fsp3) is 0.800. The van der Waals surface area contributed by atoms with Gasteiger partial charge in [-0.3, -0.25) is 4.57 Å². The molecule has 0 aliphatic heterocycles. The lowest BCUT2D eigenvalue weighted by molar-refractivity contribution is 0.367. The lowest BCUT2D eigenvalue weighted by Crippen LogP contribution is -2.37. The average molecular weight is 210 g/mol. The van der Waals surface area contributed by atoms with Crippen molar-refractivity contribution in [1.82, 2.24) is 14.3 Å². The second-order valence-corrected chi connectivity index (χ2v) is 4.41. The van der Waals surface area contributed by atoms with Gasteiger partial charge in [0.05, 0.1) is 6.54 Å². The van der Waals surface area contributed by atoms with Gasteiger partial charge in [-0.15, -0.1) is 0 Å². The molecule has 5 heteroatoms. The maximum absolute atomic E-state index is 11.5. The zero-order chi connectivity index (χ0) is 10.8. The molecule has 2 rings (SSSR count). The first kappa shape index (κ1) is 10.4. The molecular weight excluding hydrogens is 192 g/mol. The average Bonchev–Trinajstić information content (AvgIpc) is 2.83. The largest absolute Gasteiger partial charge is 0.345 e. The molecule has 1 aliphatic rings. The van der Waals surface area contributed by atoms with Gasteiger partial charge < -0.3 is 5.73 Å². The molecule has 0 spiro atoms. The maximum atomic E-state index is 11.5. The third kappa shape index (κ3) is 2.12. The normalized spacial score (nSPS) is 19.6. The number of aryl methyl sites for hydroxylation is 1. The minimum Gasteiger partial charge on any atom is -0.326 e. The molecule has 1 atom stereocenters. The van der Waals surface area contributed by atoms with Gasteiger partial charge in [0.2, 0.25) is 0 Å². The van der Waals surface area contributed by atoms with E-state index in [1.807, 2.05) is 0 Å². The Kier molecular flexibility index (Phi) is 2.90. The number of hydrogen-bond acceptors (Lipinski definition) is 3. The topological polar surface area (TPSA) is 65.8 Å². The monoisotopic (exact) mass is 210 g/mol. The number of aromatic nitrogens is 3. The van der Waals surface area contributed by atoms with Crippen LogP contribution in [0.15, 0.2) is 11.1 Å². The van der Waals surface area contributed by atoms with Crippen LogP contribution >= 0.6 is 0 Å². The highest BCUT2D eigenvalue weighted by Gasteiger charge is 2.22. The number of nitrogens with zero attached hydrogens (tertiary/aromatic N) is 3. The number of nitrogens with two attached hydrogens (primary N) is 1. The molecular formula is C10H18N4O. The Bertz CT molecular complexity index is 375. The number of hydrogen-bond donors (Lipinski definition) is 1. The number of rotatable bonds is 3. The van der Waals surface area contributed by atoms with Crippen molar-refractivity contribution in [3.05, 3.63) is 16.8 Å². The van der Waals surface area contributed by atoms with Gasteiger partial charge in [0.15, 0.2) is 0 Å². The Morgan fingerprint density at radius 1 is 1.60 bits per heavy atom. The SMILES string of the molecule is Cn1cnn(CC(N)C2CCCC2)c1=O. The Morgan fingerprint density at radius 2 is 2.27 bits per heavy atom. The van der Waals surface area contributed by atoms with Crippen LogP contribution in [0.1, 0.15) is 25.7 Å². The Hall–Kier alpha value is -1.10. The van der Waals surface area contributed by atoms with Gasteiger partial charge in [0.1, 0.15) is 6.33 Å².